The largest absolute Gasteiger partial charge is 0.362 e. The molecular weight excluding hydrogens is 204 g/mol. The van der Waals surface area contributed by atoms with Crippen molar-refractivity contribution in [2.24, 2.45) is 17.8 Å². The van der Waals surface area contributed by atoms with Crippen LogP contribution in [0.3, 0.4) is 0 Å². The van der Waals surface area contributed by atoms with Crippen molar-refractivity contribution in [2.45, 2.75) is 25.7 Å². The van der Waals surface area contributed by atoms with Crippen molar-refractivity contribution in [1.29, 1.82) is 0 Å². The topological polar surface area (TPSA) is 24.1 Å². The Morgan fingerprint density at radius 3 is 2.80 bits per heavy atom. The summed E-state index contributed by atoms with van der Waals surface area (Å²) in [6.07, 6.45) is 7.64. The van der Waals surface area contributed by atoms with Crippen LogP contribution in [0, 0.1) is 17.8 Å². The standard InChI is InChI=1S/C12H20N2S/c1-2-5-13-12(15)14-8-11-7-9-3-4-10(11)6-9/h2,9-11H,1,3-8H2,(H2,13,14,15)/t9-,10+,11-/m0/s1. The number of fused-ring (bicyclic) bond motifs is 2. The molecule has 3 atom stereocenters. The summed E-state index contributed by atoms with van der Waals surface area (Å²) < 4.78 is 0. The summed E-state index contributed by atoms with van der Waals surface area (Å²) in [5, 5.41) is 7.20. The molecular formula is C12H20N2S. The monoisotopic (exact) mass is 224 g/mol. The van der Waals surface area contributed by atoms with Gasteiger partial charge >= 0.3 is 0 Å². The van der Waals surface area contributed by atoms with Gasteiger partial charge in [0.2, 0.25) is 0 Å². The Labute approximate surface area is 97.5 Å². The average Bonchev–Trinajstić information content (AvgIpc) is 2.84. The Balaban J connectivity index is 1.65. The fraction of sp³-hybridized carbons (Fsp3) is 0.750. The van der Waals surface area contributed by atoms with E-state index in [1.807, 2.05) is 6.08 Å². The number of hydrogen-bond acceptors (Lipinski definition) is 1. The highest BCUT2D eigenvalue weighted by molar-refractivity contribution is 7.80. The van der Waals surface area contributed by atoms with E-state index in [-0.39, 0.29) is 0 Å². The molecule has 2 bridgehead atoms. The first-order valence-electron chi connectivity index (χ1n) is 5.92. The molecule has 3 heteroatoms. The minimum Gasteiger partial charge on any atom is -0.362 e. The van der Waals surface area contributed by atoms with Crippen LogP contribution in [0.4, 0.5) is 0 Å². The lowest BCUT2D eigenvalue weighted by atomic mass is 9.89. The number of rotatable bonds is 4. The second kappa shape index (κ2) is 4.97. The van der Waals surface area contributed by atoms with Gasteiger partial charge in [0.25, 0.3) is 0 Å². The lowest BCUT2D eigenvalue weighted by Crippen LogP contribution is -2.39. The minimum atomic E-state index is 0.753. The highest BCUT2D eigenvalue weighted by Gasteiger charge is 2.39. The van der Waals surface area contributed by atoms with Crippen molar-refractivity contribution in [2.75, 3.05) is 13.1 Å². The summed E-state index contributed by atoms with van der Waals surface area (Å²) >= 11 is 5.17. The van der Waals surface area contributed by atoms with Gasteiger partial charge in [-0.2, -0.15) is 0 Å². The van der Waals surface area contributed by atoms with Gasteiger partial charge in [-0.1, -0.05) is 12.5 Å². The van der Waals surface area contributed by atoms with Gasteiger partial charge in [0.1, 0.15) is 0 Å². The molecule has 2 N–H and O–H groups in total. The van der Waals surface area contributed by atoms with Crippen LogP contribution in [0.2, 0.25) is 0 Å². The van der Waals surface area contributed by atoms with Crippen LogP contribution < -0.4 is 10.6 Å². The van der Waals surface area contributed by atoms with Gasteiger partial charge in [-0.25, -0.2) is 0 Å². The first-order valence-corrected chi connectivity index (χ1v) is 6.33. The molecule has 0 radical (unpaired) electrons. The fourth-order valence-electron chi connectivity index (χ4n) is 3.08. The van der Waals surface area contributed by atoms with Gasteiger partial charge in [-0.05, 0) is 49.2 Å². The van der Waals surface area contributed by atoms with Crippen LogP contribution in [-0.2, 0) is 0 Å². The predicted molar refractivity (Wildman–Crippen MR) is 67.7 cm³/mol. The molecule has 2 saturated carbocycles. The van der Waals surface area contributed by atoms with Crippen molar-refractivity contribution >= 4 is 17.3 Å². The molecule has 0 aromatic rings. The maximum absolute atomic E-state index is 5.17. The Hall–Kier alpha value is -0.570. The molecule has 2 nitrogen and oxygen atoms in total. The van der Waals surface area contributed by atoms with Gasteiger partial charge in [-0.3, -0.25) is 0 Å². The van der Waals surface area contributed by atoms with Crippen LogP contribution in [0.5, 0.6) is 0 Å². The number of thiocarbonyl (C=S) groups is 1. The molecule has 2 rings (SSSR count). The fourth-order valence-corrected chi connectivity index (χ4v) is 3.24. The van der Waals surface area contributed by atoms with E-state index in [9.17, 15) is 0 Å². The summed E-state index contributed by atoms with van der Waals surface area (Å²) in [6.45, 7) is 5.46. The van der Waals surface area contributed by atoms with Crippen molar-refractivity contribution in [3.8, 4) is 0 Å². The van der Waals surface area contributed by atoms with Crippen LogP contribution in [0.1, 0.15) is 25.7 Å². The van der Waals surface area contributed by atoms with Gasteiger partial charge in [0.15, 0.2) is 5.11 Å². The third-order valence-electron chi connectivity index (χ3n) is 3.82. The molecule has 2 aliphatic rings. The second-order valence-corrected chi connectivity index (χ2v) is 5.22. The predicted octanol–water partition coefficient (Wildman–Crippen LogP) is 2.07. The van der Waals surface area contributed by atoms with Crippen molar-refractivity contribution in [1.82, 2.24) is 10.6 Å². The third-order valence-corrected chi connectivity index (χ3v) is 4.10. The van der Waals surface area contributed by atoms with Gasteiger partial charge in [0.05, 0.1) is 0 Å². The summed E-state index contributed by atoms with van der Waals surface area (Å²) in [6, 6.07) is 0. The first kappa shape index (κ1) is 10.9. The maximum atomic E-state index is 5.17. The van der Waals surface area contributed by atoms with E-state index in [0.29, 0.717) is 0 Å². The molecule has 2 aliphatic carbocycles. The van der Waals surface area contributed by atoms with E-state index in [2.05, 4.69) is 17.2 Å². The summed E-state index contributed by atoms with van der Waals surface area (Å²) in [4.78, 5) is 0. The molecule has 0 saturated heterocycles. The molecule has 0 aromatic heterocycles. The zero-order valence-corrected chi connectivity index (χ0v) is 9.98. The number of hydrogen-bond donors (Lipinski definition) is 2. The molecule has 15 heavy (non-hydrogen) atoms. The smallest absolute Gasteiger partial charge is 0.166 e. The molecule has 0 unspecified atom stereocenters. The SMILES string of the molecule is C=CCNC(=S)NC[C@@H]1C[C@H]2CC[C@@H]1C2. The molecule has 84 valence electrons. The van der Waals surface area contributed by atoms with Crippen molar-refractivity contribution < 1.29 is 0 Å². The molecule has 0 spiro atoms. The molecule has 0 aliphatic heterocycles. The van der Waals surface area contributed by atoms with E-state index in [0.717, 1.165) is 36.0 Å². The zero-order chi connectivity index (χ0) is 10.7. The van der Waals surface area contributed by atoms with Crippen LogP contribution in [0.25, 0.3) is 0 Å². The Bertz CT molecular complexity index is 252. The summed E-state index contributed by atoms with van der Waals surface area (Å²) in [7, 11) is 0. The molecule has 0 heterocycles. The van der Waals surface area contributed by atoms with E-state index in [1.165, 1.54) is 25.7 Å². The summed E-state index contributed by atoms with van der Waals surface area (Å²) in [5.74, 6) is 2.87. The van der Waals surface area contributed by atoms with Crippen LogP contribution in [-0.4, -0.2) is 18.2 Å². The lowest BCUT2D eigenvalue weighted by molar-refractivity contribution is 0.332. The third kappa shape index (κ3) is 2.71. The lowest BCUT2D eigenvalue weighted by Gasteiger charge is -2.22. The highest BCUT2D eigenvalue weighted by atomic mass is 32.1. The first-order chi connectivity index (χ1) is 7.29. The molecule has 2 fully saturated rings. The normalized spacial score (nSPS) is 32.7. The van der Waals surface area contributed by atoms with E-state index in [4.69, 9.17) is 12.2 Å². The molecule has 0 amide bonds. The van der Waals surface area contributed by atoms with E-state index >= 15 is 0 Å². The molecule has 0 aromatic carbocycles. The number of nitrogens with one attached hydrogen (secondary N) is 2. The average molecular weight is 224 g/mol. The minimum absolute atomic E-state index is 0.753. The van der Waals surface area contributed by atoms with Gasteiger partial charge in [0, 0.05) is 13.1 Å². The Kier molecular flexibility index (Phi) is 3.62. The van der Waals surface area contributed by atoms with Crippen molar-refractivity contribution in [3.63, 3.8) is 0 Å². The van der Waals surface area contributed by atoms with Gasteiger partial charge in [-0.15, -0.1) is 6.58 Å². The maximum Gasteiger partial charge on any atom is 0.166 e. The second-order valence-electron chi connectivity index (χ2n) is 4.81. The summed E-state index contributed by atoms with van der Waals surface area (Å²) in [5.41, 5.74) is 0. The van der Waals surface area contributed by atoms with Crippen molar-refractivity contribution in [3.05, 3.63) is 12.7 Å². The van der Waals surface area contributed by atoms with Gasteiger partial charge < -0.3 is 10.6 Å². The van der Waals surface area contributed by atoms with Crippen LogP contribution >= 0.6 is 12.2 Å². The Morgan fingerprint density at radius 1 is 1.33 bits per heavy atom. The van der Waals surface area contributed by atoms with Crippen LogP contribution in [0.15, 0.2) is 12.7 Å². The van der Waals surface area contributed by atoms with E-state index in [1.54, 1.807) is 0 Å². The highest BCUT2D eigenvalue weighted by Crippen LogP contribution is 2.47. The van der Waals surface area contributed by atoms with E-state index < -0.39 is 0 Å². The Morgan fingerprint density at radius 2 is 2.20 bits per heavy atom. The quantitative estimate of drug-likeness (QED) is 0.565. The zero-order valence-electron chi connectivity index (χ0n) is 9.17.